The Morgan fingerprint density at radius 1 is 1.09 bits per heavy atom. The molecule has 1 N–H and O–H groups in total. The topological polar surface area (TPSA) is 55.4 Å². The number of methoxy groups -OCH3 is 1. The van der Waals surface area contributed by atoms with Gasteiger partial charge in [-0.05, 0) is 54.2 Å². The van der Waals surface area contributed by atoms with Crippen molar-refractivity contribution in [2.45, 2.75) is 25.7 Å². The molecule has 0 saturated carbocycles. The summed E-state index contributed by atoms with van der Waals surface area (Å²) in [5, 5.41) is 2.90. The van der Waals surface area contributed by atoms with Crippen LogP contribution in [0.15, 0.2) is 42.5 Å². The van der Waals surface area contributed by atoms with Crippen LogP contribution in [0.1, 0.15) is 33.5 Å². The summed E-state index contributed by atoms with van der Waals surface area (Å²) in [5.74, 6) is -0.485. The second-order valence-corrected chi connectivity index (χ2v) is 5.70. The van der Waals surface area contributed by atoms with Gasteiger partial charge in [0.2, 0.25) is 0 Å². The lowest BCUT2D eigenvalue weighted by molar-refractivity contribution is -0.139. The number of benzene rings is 2. The zero-order chi connectivity index (χ0) is 16.2. The van der Waals surface area contributed by atoms with E-state index in [0.717, 1.165) is 24.8 Å². The number of carbonyl (C=O) groups excluding carboxylic acids is 2. The number of esters is 1. The number of nitrogens with one attached hydrogen (secondary N) is 1. The van der Waals surface area contributed by atoms with E-state index in [-0.39, 0.29) is 18.3 Å². The van der Waals surface area contributed by atoms with Crippen molar-refractivity contribution in [3.8, 4) is 0 Å². The van der Waals surface area contributed by atoms with Crippen LogP contribution >= 0.6 is 0 Å². The lowest BCUT2D eigenvalue weighted by atomic mass is 10.1. The van der Waals surface area contributed by atoms with Crippen molar-refractivity contribution in [1.82, 2.24) is 0 Å². The highest BCUT2D eigenvalue weighted by Gasteiger charge is 2.15. The van der Waals surface area contributed by atoms with E-state index in [2.05, 4.69) is 5.32 Å². The third-order valence-corrected chi connectivity index (χ3v) is 4.19. The molecule has 3 rings (SSSR count). The number of hydrogen-bond acceptors (Lipinski definition) is 3. The number of fused-ring (bicyclic) bond motifs is 1. The molecule has 1 aliphatic carbocycles. The summed E-state index contributed by atoms with van der Waals surface area (Å²) in [7, 11) is 1.36. The first-order valence-corrected chi connectivity index (χ1v) is 7.75. The maximum Gasteiger partial charge on any atom is 0.310 e. The molecule has 118 valence electrons. The summed E-state index contributed by atoms with van der Waals surface area (Å²) < 4.78 is 4.70. The quantitative estimate of drug-likeness (QED) is 0.883. The lowest BCUT2D eigenvalue weighted by Gasteiger charge is -2.11. The molecule has 0 spiro atoms. The molecule has 0 aromatic heterocycles. The Bertz CT molecular complexity index is 752. The largest absolute Gasteiger partial charge is 0.469 e. The SMILES string of the molecule is COC(=O)Cc1ccccc1NC(=O)c1ccc2c(c1)CCC2. The predicted octanol–water partition coefficient (Wildman–Crippen LogP) is 3.14. The van der Waals surface area contributed by atoms with Gasteiger partial charge in [0.1, 0.15) is 0 Å². The van der Waals surface area contributed by atoms with Crippen molar-refractivity contribution in [2.75, 3.05) is 12.4 Å². The molecular weight excluding hydrogens is 290 g/mol. The van der Waals surface area contributed by atoms with E-state index in [1.54, 1.807) is 6.07 Å². The Balaban J connectivity index is 1.79. The van der Waals surface area contributed by atoms with Gasteiger partial charge >= 0.3 is 5.97 Å². The molecule has 4 heteroatoms. The number of aryl methyl sites for hydroxylation is 2. The van der Waals surface area contributed by atoms with Crippen LogP contribution in [0.25, 0.3) is 0 Å². The molecule has 0 radical (unpaired) electrons. The van der Waals surface area contributed by atoms with Crippen molar-refractivity contribution in [3.05, 3.63) is 64.7 Å². The van der Waals surface area contributed by atoms with Crippen LogP contribution in [0.3, 0.4) is 0 Å². The third-order valence-electron chi connectivity index (χ3n) is 4.19. The van der Waals surface area contributed by atoms with Gasteiger partial charge in [-0.25, -0.2) is 0 Å². The molecule has 4 nitrogen and oxygen atoms in total. The number of ether oxygens (including phenoxy) is 1. The van der Waals surface area contributed by atoms with E-state index in [4.69, 9.17) is 4.74 Å². The van der Waals surface area contributed by atoms with Gasteiger partial charge in [-0.2, -0.15) is 0 Å². The predicted molar refractivity (Wildman–Crippen MR) is 88.6 cm³/mol. The Morgan fingerprint density at radius 3 is 2.70 bits per heavy atom. The Morgan fingerprint density at radius 2 is 1.87 bits per heavy atom. The van der Waals surface area contributed by atoms with Crippen LogP contribution in [0, 0.1) is 0 Å². The summed E-state index contributed by atoms with van der Waals surface area (Å²) in [5.41, 5.74) is 4.64. The second kappa shape index (κ2) is 6.65. The fourth-order valence-corrected chi connectivity index (χ4v) is 2.93. The van der Waals surface area contributed by atoms with E-state index in [9.17, 15) is 9.59 Å². The fourth-order valence-electron chi connectivity index (χ4n) is 2.93. The Kier molecular flexibility index (Phi) is 4.42. The number of amides is 1. The van der Waals surface area contributed by atoms with E-state index >= 15 is 0 Å². The summed E-state index contributed by atoms with van der Waals surface area (Å²) in [4.78, 5) is 24.0. The highest BCUT2D eigenvalue weighted by Crippen LogP contribution is 2.24. The standard InChI is InChI=1S/C19H19NO3/c1-23-18(21)12-15-5-2-3-8-17(15)20-19(22)16-10-9-13-6-4-7-14(13)11-16/h2-3,5,8-11H,4,6-7,12H2,1H3,(H,20,22). The average Bonchev–Trinajstić information content (AvgIpc) is 3.04. The Hall–Kier alpha value is -2.62. The van der Waals surface area contributed by atoms with Gasteiger partial charge in [0, 0.05) is 11.3 Å². The molecule has 2 aromatic rings. The van der Waals surface area contributed by atoms with Crippen molar-refractivity contribution >= 4 is 17.6 Å². The molecule has 0 aliphatic heterocycles. The fraction of sp³-hybridized carbons (Fsp3) is 0.263. The minimum absolute atomic E-state index is 0.136. The van der Waals surface area contributed by atoms with E-state index < -0.39 is 0 Å². The van der Waals surface area contributed by atoms with Crippen molar-refractivity contribution < 1.29 is 14.3 Å². The molecule has 0 saturated heterocycles. The van der Waals surface area contributed by atoms with Crippen molar-refractivity contribution in [2.24, 2.45) is 0 Å². The van der Waals surface area contributed by atoms with Gasteiger partial charge in [-0.1, -0.05) is 24.3 Å². The number of para-hydroxylation sites is 1. The maximum absolute atomic E-state index is 12.5. The molecule has 0 atom stereocenters. The monoisotopic (exact) mass is 309 g/mol. The molecule has 1 aliphatic rings. The molecule has 0 bridgehead atoms. The molecule has 0 heterocycles. The number of anilines is 1. The van der Waals surface area contributed by atoms with Crippen LogP contribution in [0.2, 0.25) is 0 Å². The Labute approximate surface area is 135 Å². The summed E-state index contributed by atoms with van der Waals surface area (Å²) in [6.07, 6.45) is 3.42. The van der Waals surface area contributed by atoms with Crippen LogP contribution in [0.5, 0.6) is 0 Å². The van der Waals surface area contributed by atoms with Crippen LogP contribution < -0.4 is 5.32 Å². The minimum Gasteiger partial charge on any atom is -0.469 e. The van der Waals surface area contributed by atoms with E-state index in [1.807, 2.05) is 36.4 Å². The summed E-state index contributed by atoms with van der Waals surface area (Å²) in [6.45, 7) is 0. The second-order valence-electron chi connectivity index (χ2n) is 5.70. The smallest absolute Gasteiger partial charge is 0.310 e. The van der Waals surface area contributed by atoms with Crippen LogP contribution in [-0.2, 0) is 28.8 Å². The highest BCUT2D eigenvalue weighted by molar-refractivity contribution is 6.05. The van der Waals surface area contributed by atoms with Gasteiger partial charge in [-0.15, -0.1) is 0 Å². The lowest BCUT2D eigenvalue weighted by Crippen LogP contribution is -2.15. The zero-order valence-corrected chi connectivity index (χ0v) is 13.1. The van der Waals surface area contributed by atoms with Crippen LogP contribution in [-0.4, -0.2) is 19.0 Å². The molecule has 0 unspecified atom stereocenters. The van der Waals surface area contributed by atoms with Gasteiger partial charge < -0.3 is 10.1 Å². The molecule has 0 fully saturated rings. The third kappa shape index (κ3) is 3.42. The normalized spacial score (nSPS) is 12.6. The van der Waals surface area contributed by atoms with Gasteiger partial charge in [0.25, 0.3) is 5.91 Å². The summed E-state index contributed by atoms with van der Waals surface area (Å²) >= 11 is 0. The molecule has 23 heavy (non-hydrogen) atoms. The first-order valence-electron chi connectivity index (χ1n) is 7.75. The molecule has 2 aromatic carbocycles. The maximum atomic E-state index is 12.5. The first kappa shape index (κ1) is 15.3. The highest BCUT2D eigenvalue weighted by atomic mass is 16.5. The first-order chi connectivity index (χ1) is 11.2. The van der Waals surface area contributed by atoms with E-state index in [0.29, 0.717) is 11.3 Å². The van der Waals surface area contributed by atoms with Crippen LogP contribution in [0.4, 0.5) is 5.69 Å². The summed E-state index contributed by atoms with van der Waals surface area (Å²) in [6, 6.07) is 13.2. The van der Waals surface area contributed by atoms with Gasteiger partial charge in [0.05, 0.1) is 13.5 Å². The number of rotatable bonds is 4. The average molecular weight is 309 g/mol. The van der Waals surface area contributed by atoms with Crippen molar-refractivity contribution in [1.29, 1.82) is 0 Å². The van der Waals surface area contributed by atoms with Crippen molar-refractivity contribution in [3.63, 3.8) is 0 Å². The molecule has 1 amide bonds. The van der Waals surface area contributed by atoms with Gasteiger partial charge in [0.15, 0.2) is 0 Å². The zero-order valence-electron chi connectivity index (χ0n) is 13.1. The molecular formula is C19H19NO3. The number of carbonyl (C=O) groups is 2. The van der Waals surface area contributed by atoms with Gasteiger partial charge in [-0.3, -0.25) is 9.59 Å². The number of hydrogen-bond donors (Lipinski definition) is 1. The minimum atomic E-state index is -0.329. The van der Waals surface area contributed by atoms with E-state index in [1.165, 1.54) is 18.2 Å².